The summed E-state index contributed by atoms with van der Waals surface area (Å²) in [6, 6.07) is 5.17. The second-order valence-electron chi connectivity index (χ2n) is 5.94. The first-order chi connectivity index (χ1) is 10.3. The van der Waals surface area contributed by atoms with Gasteiger partial charge in [0.2, 0.25) is 5.91 Å². The zero-order chi connectivity index (χ0) is 16.4. The van der Waals surface area contributed by atoms with Crippen LogP contribution in [0.4, 0.5) is 5.69 Å². The molecule has 0 unspecified atom stereocenters. The number of nitrogens with two attached hydrogens (primary N) is 1. The van der Waals surface area contributed by atoms with Crippen molar-refractivity contribution in [2.24, 2.45) is 5.92 Å². The largest absolute Gasteiger partial charge is 0.485 e. The van der Waals surface area contributed by atoms with Crippen molar-refractivity contribution < 1.29 is 14.3 Å². The van der Waals surface area contributed by atoms with Crippen molar-refractivity contribution in [3.63, 3.8) is 0 Å². The number of benzene rings is 1. The van der Waals surface area contributed by atoms with E-state index >= 15 is 0 Å². The van der Waals surface area contributed by atoms with E-state index in [9.17, 15) is 9.59 Å². The summed E-state index contributed by atoms with van der Waals surface area (Å²) in [6.07, 6.45) is -0.229. The van der Waals surface area contributed by atoms with Gasteiger partial charge in [0.1, 0.15) is 6.10 Å². The van der Waals surface area contributed by atoms with Gasteiger partial charge in [-0.25, -0.2) is 0 Å². The molecule has 2 N–H and O–H groups in total. The molecule has 1 aliphatic rings. The molecule has 6 heteroatoms. The molecule has 0 spiro atoms. The summed E-state index contributed by atoms with van der Waals surface area (Å²) in [5.41, 5.74) is 6.89. The second kappa shape index (κ2) is 6.25. The lowest BCUT2D eigenvalue weighted by molar-refractivity contribution is -0.129. The van der Waals surface area contributed by atoms with Gasteiger partial charge < -0.3 is 20.3 Å². The zero-order valence-corrected chi connectivity index (χ0v) is 13.5. The molecule has 0 bridgehead atoms. The van der Waals surface area contributed by atoms with Crippen LogP contribution < -0.4 is 10.5 Å². The minimum Gasteiger partial charge on any atom is -0.485 e. The molecular formula is C16H23N3O3. The number of carbonyl (C=O) groups is 2. The molecule has 2 rings (SSSR count). The van der Waals surface area contributed by atoms with Crippen molar-refractivity contribution in [1.29, 1.82) is 0 Å². The smallest absolute Gasteiger partial charge is 0.257 e. The van der Waals surface area contributed by atoms with E-state index in [1.54, 1.807) is 42.1 Å². The van der Waals surface area contributed by atoms with E-state index in [4.69, 9.17) is 10.5 Å². The summed E-state index contributed by atoms with van der Waals surface area (Å²) < 4.78 is 6.05. The standard InChI is InChI=1S/C16H23N3O3/c1-10-8-19(4)16(21)12-6-5-7-13(17)15(12)22-14(10)9-18(3)11(2)20/h5-7,10,14H,8-9,17H2,1-4H3/t10-,14-/m0/s1. The van der Waals surface area contributed by atoms with Gasteiger partial charge in [0.25, 0.3) is 5.91 Å². The summed E-state index contributed by atoms with van der Waals surface area (Å²) in [5, 5.41) is 0. The normalized spacial score (nSPS) is 21.5. The van der Waals surface area contributed by atoms with Crippen LogP contribution in [-0.2, 0) is 4.79 Å². The number of rotatable bonds is 2. The number of fused-ring (bicyclic) bond motifs is 1. The maximum atomic E-state index is 12.5. The quantitative estimate of drug-likeness (QED) is 0.834. The molecule has 1 aromatic rings. The molecule has 0 saturated carbocycles. The number of nitrogen functional groups attached to an aromatic ring is 1. The number of hydrogen-bond donors (Lipinski definition) is 1. The lowest BCUT2D eigenvalue weighted by Crippen LogP contribution is -2.46. The SMILES string of the molecule is CC(=O)N(C)C[C@@H]1Oc2c(N)cccc2C(=O)N(C)C[C@@H]1C. The lowest BCUT2D eigenvalue weighted by atomic mass is 10.0. The third-order valence-corrected chi connectivity index (χ3v) is 4.08. The second-order valence-corrected chi connectivity index (χ2v) is 5.94. The van der Waals surface area contributed by atoms with Crippen LogP contribution in [0.5, 0.6) is 5.75 Å². The van der Waals surface area contributed by atoms with E-state index in [0.717, 1.165) is 0 Å². The van der Waals surface area contributed by atoms with Crippen LogP contribution in [0.2, 0.25) is 0 Å². The van der Waals surface area contributed by atoms with Gasteiger partial charge in [-0.15, -0.1) is 0 Å². The zero-order valence-electron chi connectivity index (χ0n) is 13.5. The van der Waals surface area contributed by atoms with Gasteiger partial charge in [-0.05, 0) is 12.1 Å². The molecule has 0 aliphatic carbocycles. The number of carbonyl (C=O) groups excluding carboxylic acids is 2. The predicted octanol–water partition coefficient (Wildman–Crippen LogP) is 1.22. The fourth-order valence-electron chi connectivity index (χ4n) is 2.58. The number of para-hydroxylation sites is 1. The topological polar surface area (TPSA) is 75.9 Å². The van der Waals surface area contributed by atoms with E-state index in [1.807, 2.05) is 6.92 Å². The predicted molar refractivity (Wildman–Crippen MR) is 84.7 cm³/mol. The fraction of sp³-hybridized carbons (Fsp3) is 0.500. The van der Waals surface area contributed by atoms with Crippen molar-refractivity contribution in [3.05, 3.63) is 23.8 Å². The Morgan fingerprint density at radius 3 is 2.82 bits per heavy atom. The van der Waals surface area contributed by atoms with Crippen LogP contribution in [0.3, 0.4) is 0 Å². The third kappa shape index (κ3) is 3.16. The van der Waals surface area contributed by atoms with E-state index in [-0.39, 0.29) is 23.8 Å². The van der Waals surface area contributed by atoms with Crippen LogP contribution >= 0.6 is 0 Å². The Morgan fingerprint density at radius 2 is 2.18 bits per heavy atom. The molecule has 0 saturated heterocycles. The van der Waals surface area contributed by atoms with Crippen LogP contribution in [0, 0.1) is 5.92 Å². The molecule has 2 amide bonds. The average Bonchev–Trinajstić information content (AvgIpc) is 2.46. The van der Waals surface area contributed by atoms with Gasteiger partial charge in [-0.3, -0.25) is 9.59 Å². The molecule has 1 heterocycles. The first-order valence-electron chi connectivity index (χ1n) is 7.33. The van der Waals surface area contributed by atoms with Crippen LogP contribution in [-0.4, -0.2) is 54.9 Å². The minimum absolute atomic E-state index is 0.0245. The summed E-state index contributed by atoms with van der Waals surface area (Å²) in [7, 11) is 3.50. The first-order valence-corrected chi connectivity index (χ1v) is 7.33. The minimum atomic E-state index is -0.229. The highest BCUT2D eigenvalue weighted by molar-refractivity contribution is 5.98. The van der Waals surface area contributed by atoms with Crippen molar-refractivity contribution in [3.8, 4) is 5.75 Å². The summed E-state index contributed by atoms with van der Waals surface area (Å²) >= 11 is 0. The Morgan fingerprint density at radius 1 is 1.50 bits per heavy atom. The molecule has 0 fully saturated rings. The Hall–Kier alpha value is -2.24. The Balaban J connectivity index is 2.39. The van der Waals surface area contributed by atoms with Crippen molar-refractivity contribution in [2.75, 3.05) is 32.9 Å². The maximum absolute atomic E-state index is 12.5. The highest BCUT2D eigenvalue weighted by Crippen LogP contribution is 2.31. The van der Waals surface area contributed by atoms with Gasteiger partial charge in [0, 0.05) is 33.5 Å². The van der Waals surface area contributed by atoms with Gasteiger partial charge in [0.15, 0.2) is 5.75 Å². The van der Waals surface area contributed by atoms with Gasteiger partial charge >= 0.3 is 0 Å². The highest BCUT2D eigenvalue weighted by Gasteiger charge is 2.31. The summed E-state index contributed by atoms with van der Waals surface area (Å²) in [6.45, 7) is 4.54. The molecule has 1 aromatic carbocycles. The Labute approximate surface area is 130 Å². The first kappa shape index (κ1) is 16.1. The number of ether oxygens (including phenoxy) is 1. The van der Waals surface area contributed by atoms with Gasteiger partial charge in [0.05, 0.1) is 17.8 Å². The Bertz CT molecular complexity index is 588. The molecule has 1 aliphatic heterocycles. The Kier molecular flexibility index (Phi) is 4.59. The lowest BCUT2D eigenvalue weighted by Gasteiger charge is -2.34. The average molecular weight is 305 g/mol. The molecule has 6 nitrogen and oxygen atoms in total. The van der Waals surface area contributed by atoms with E-state index in [1.165, 1.54) is 6.92 Å². The highest BCUT2D eigenvalue weighted by atomic mass is 16.5. The number of anilines is 1. The van der Waals surface area contributed by atoms with Crippen LogP contribution in [0.25, 0.3) is 0 Å². The molecule has 22 heavy (non-hydrogen) atoms. The number of amides is 2. The monoisotopic (exact) mass is 305 g/mol. The fourth-order valence-corrected chi connectivity index (χ4v) is 2.58. The molecule has 0 radical (unpaired) electrons. The molecule has 0 aromatic heterocycles. The molecular weight excluding hydrogens is 282 g/mol. The third-order valence-electron chi connectivity index (χ3n) is 4.08. The van der Waals surface area contributed by atoms with Crippen LogP contribution in [0.15, 0.2) is 18.2 Å². The molecule has 120 valence electrons. The summed E-state index contributed by atoms with van der Waals surface area (Å²) in [5.74, 6) is 0.354. The summed E-state index contributed by atoms with van der Waals surface area (Å²) in [4.78, 5) is 27.2. The van der Waals surface area contributed by atoms with E-state index < -0.39 is 0 Å². The van der Waals surface area contributed by atoms with Gasteiger partial charge in [-0.2, -0.15) is 0 Å². The van der Waals surface area contributed by atoms with Gasteiger partial charge in [-0.1, -0.05) is 13.0 Å². The number of likely N-dealkylation sites (N-methyl/N-ethyl adjacent to an activating group) is 1. The van der Waals surface area contributed by atoms with E-state index in [2.05, 4.69) is 0 Å². The van der Waals surface area contributed by atoms with Crippen molar-refractivity contribution >= 4 is 17.5 Å². The van der Waals surface area contributed by atoms with E-state index in [0.29, 0.717) is 30.1 Å². The maximum Gasteiger partial charge on any atom is 0.257 e. The van der Waals surface area contributed by atoms with Crippen molar-refractivity contribution in [2.45, 2.75) is 20.0 Å². The molecule has 2 atom stereocenters. The number of hydrogen-bond acceptors (Lipinski definition) is 4. The van der Waals surface area contributed by atoms with Crippen LogP contribution in [0.1, 0.15) is 24.2 Å². The number of nitrogens with zero attached hydrogens (tertiary/aromatic N) is 2. The van der Waals surface area contributed by atoms with Crippen molar-refractivity contribution in [1.82, 2.24) is 9.80 Å².